The van der Waals surface area contributed by atoms with Crippen LogP contribution >= 0.6 is 0 Å². The highest BCUT2D eigenvalue weighted by molar-refractivity contribution is 5.85. The van der Waals surface area contributed by atoms with Crippen molar-refractivity contribution in [1.29, 1.82) is 0 Å². The summed E-state index contributed by atoms with van der Waals surface area (Å²) in [6.07, 6.45) is 0.952. The average molecular weight is 256 g/mol. The predicted octanol–water partition coefficient (Wildman–Crippen LogP) is 1.53. The van der Waals surface area contributed by atoms with Crippen LogP contribution in [-0.4, -0.2) is 36.5 Å². The lowest BCUT2D eigenvalue weighted by Gasteiger charge is -2.24. The van der Waals surface area contributed by atoms with Gasteiger partial charge in [0.15, 0.2) is 11.5 Å². The minimum Gasteiger partial charge on any atom is -0.476 e. The number of hydrogen-bond donors (Lipinski definition) is 2. The first kappa shape index (κ1) is 14.7. The van der Waals surface area contributed by atoms with E-state index < -0.39 is 5.97 Å². The molecule has 0 atom stereocenters. The lowest BCUT2D eigenvalue weighted by atomic mass is 9.90. The number of aromatic nitrogens is 1. The van der Waals surface area contributed by atoms with Gasteiger partial charge in [-0.3, -0.25) is 0 Å². The molecule has 0 aliphatic rings. The highest BCUT2D eigenvalue weighted by Gasteiger charge is 2.17. The molecule has 1 aromatic heterocycles. The number of ether oxygens (including phenoxy) is 1. The summed E-state index contributed by atoms with van der Waals surface area (Å²) in [7, 11) is 1.69. The quantitative estimate of drug-likeness (QED) is 0.733. The Balaban J connectivity index is 2.34. The maximum atomic E-state index is 10.6. The molecule has 6 heteroatoms. The maximum absolute atomic E-state index is 10.6. The number of carbonyl (C=O) groups is 1. The molecule has 0 fully saturated rings. The highest BCUT2D eigenvalue weighted by Crippen LogP contribution is 2.18. The molecule has 0 radical (unpaired) electrons. The third kappa shape index (κ3) is 4.85. The van der Waals surface area contributed by atoms with E-state index in [0.29, 0.717) is 12.3 Å². The lowest BCUT2D eigenvalue weighted by molar-refractivity contribution is 0.0685. The Bertz CT molecular complexity index is 387. The summed E-state index contributed by atoms with van der Waals surface area (Å²) in [6, 6.07) is 1.43. The van der Waals surface area contributed by atoms with Crippen LogP contribution in [0.15, 0.2) is 10.6 Å². The Kier molecular flexibility index (Phi) is 5.30. The van der Waals surface area contributed by atoms with Gasteiger partial charge in [-0.2, -0.15) is 0 Å². The van der Waals surface area contributed by atoms with Crippen molar-refractivity contribution >= 4 is 5.97 Å². The van der Waals surface area contributed by atoms with Crippen LogP contribution in [0.3, 0.4) is 0 Å². The molecule has 1 aromatic rings. The van der Waals surface area contributed by atoms with Gasteiger partial charge in [0.25, 0.3) is 0 Å². The maximum Gasteiger partial charge on any atom is 0.358 e. The molecular weight excluding hydrogens is 236 g/mol. The number of carboxylic acid groups (broad SMARTS) is 1. The predicted molar refractivity (Wildman–Crippen MR) is 65.4 cm³/mol. The molecule has 0 unspecified atom stereocenters. The summed E-state index contributed by atoms with van der Waals surface area (Å²) in [4.78, 5) is 10.6. The SMILES string of the molecule is COCCC(C)(C)CNCc1cc(C(=O)O)no1. The van der Waals surface area contributed by atoms with Gasteiger partial charge in [0.1, 0.15) is 0 Å². The molecular formula is C12H20N2O4. The molecule has 2 N–H and O–H groups in total. The van der Waals surface area contributed by atoms with Crippen molar-refractivity contribution in [1.82, 2.24) is 10.5 Å². The van der Waals surface area contributed by atoms with Gasteiger partial charge in [0.2, 0.25) is 0 Å². The van der Waals surface area contributed by atoms with Crippen molar-refractivity contribution in [3.8, 4) is 0 Å². The summed E-state index contributed by atoms with van der Waals surface area (Å²) in [5, 5.41) is 15.4. The summed E-state index contributed by atoms with van der Waals surface area (Å²) in [6.45, 7) is 6.26. The van der Waals surface area contributed by atoms with Crippen molar-refractivity contribution in [3.05, 3.63) is 17.5 Å². The Morgan fingerprint density at radius 3 is 2.89 bits per heavy atom. The fourth-order valence-corrected chi connectivity index (χ4v) is 1.49. The van der Waals surface area contributed by atoms with Gasteiger partial charge in [-0.05, 0) is 11.8 Å². The summed E-state index contributed by atoms with van der Waals surface area (Å²) in [5.74, 6) is -0.555. The van der Waals surface area contributed by atoms with Crippen LogP contribution in [0.1, 0.15) is 36.5 Å². The van der Waals surface area contributed by atoms with Crippen LogP contribution in [0.25, 0.3) is 0 Å². The normalized spacial score (nSPS) is 11.7. The number of nitrogens with zero attached hydrogens (tertiary/aromatic N) is 1. The Labute approximate surface area is 106 Å². The van der Waals surface area contributed by atoms with Crippen molar-refractivity contribution in [2.75, 3.05) is 20.3 Å². The molecule has 0 saturated heterocycles. The zero-order chi connectivity index (χ0) is 13.6. The van der Waals surface area contributed by atoms with Crippen LogP contribution in [0.2, 0.25) is 0 Å². The zero-order valence-electron chi connectivity index (χ0n) is 11.0. The van der Waals surface area contributed by atoms with Gasteiger partial charge >= 0.3 is 5.97 Å². The van der Waals surface area contributed by atoms with Crippen LogP contribution in [0.5, 0.6) is 0 Å². The monoisotopic (exact) mass is 256 g/mol. The molecule has 18 heavy (non-hydrogen) atoms. The van der Waals surface area contributed by atoms with Crippen LogP contribution < -0.4 is 5.32 Å². The molecule has 0 aliphatic heterocycles. The van der Waals surface area contributed by atoms with Crippen molar-refractivity contribution in [3.63, 3.8) is 0 Å². The van der Waals surface area contributed by atoms with Crippen LogP contribution in [0.4, 0.5) is 0 Å². The van der Waals surface area contributed by atoms with E-state index in [9.17, 15) is 4.79 Å². The number of nitrogens with one attached hydrogen (secondary N) is 1. The number of aromatic carboxylic acids is 1. The van der Waals surface area contributed by atoms with E-state index in [1.807, 2.05) is 0 Å². The first-order chi connectivity index (χ1) is 8.44. The first-order valence-electron chi connectivity index (χ1n) is 5.83. The van der Waals surface area contributed by atoms with E-state index in [1.54, 1.807) is 7.11 Å². The summed E-state index contributed by atoms with van der Waals surface area (Å²) < 4.78 is 9.95. The highest BCUT2D eigenvalue weighted by atomic mass is 16.5. The van der Waals surface area contributed by atoms with Crippen molar-refractivity contribution in [2.45, 2.75) is 26.8 Å². The van der Waals surface area contributed by atoms with Crippen molar-refractivity contribution < 1.29 is 19.2 Å². The standard InChI is InChI=1S/C12H20N2O4/c1-12(2,4-5-17-3)8-13-7-9-6-10(11(15)16)14-18-9/h6,13H,4-5,7-8H2,1-3H3,(H,15,16). The van der Waals surface area contributed by atoms with Crippen LogP contribution in [-0.2, 0) is 11.3 Å². The van der Waals surface area contributed by atoms with Crippen molar-refractivity contribution in [2.24, 2.45) is 5.41 Å². The molecule has 102 valence electrons. The smallest absolute Gasteiger partial charge is 0.358 e. The van der Waals surface area contributed by atoms with Gasteiger partial charge in [0, 0.05) is 26.3 Å². The second-order valence-electron chi connectivity index (χ2n) is 4.99. The number of rotatable bonds is 8. The minimum atomic E-state index is -1.08. The lowest BCUT2D eigenvalue weighted by Crippen LogP contribution is -2.30. The number of hydrogen-bond acceptors (Lipinski definition) is 5. The van der Waals surface area contributed by atoms with Gasteiger partial charge in [0.05, 0.1) is 6.54 Å². The van der Waals surface area contributed by atoms with E-state index in [2.05, 4.69) is 24.3 Å². The molecule has 1 rings (SSSR count). The Hall–Kier alpha value is -1.40. The molecule has 0 saturated carbocycles. The summed E-state index contributed by atoms with van der Waals surface area (Å²) >= 11 is 0. The van der Waals surface area contributed by atoms with E-state index in [4.69, 9.17) is 14.4 Å². The Morgan fingerprint density at radius 2 is 2.33 bits per heavy atom. The van der Waals surface area contributed by atoms with Gasteiger partial charge < -0.3 is 19.7 Å². The number of carboxylic acids is 1. The van der Waals surface area contributed by atoms with Gasteiger partial charge in [-0.15, -0.1) is 0 Å². The van der Waals surface area contributed by atoms with E-state index in [1.165, 1.54) is 6.07 Å². The first-order valence-corrected chi connectivity index (χ1v) is 5.83. The van der Waals surface area contributed by atoms with Crippen LogP contribution in [0, 0.1) is 5.41 Å². The third-order valence-electron chi connectivity index (χ3n) is 2.66. The van der Waals surface area contributed by atoms with Gasteiger partial charge in [-0.1, -0.05) is 19.0 Å². The van der Waals surface area contributed by atoms with Gasteiger partial charge in [-0.25, -0.2) is 4.79 Å². The van der Waals surface area contributed by atoms with E-state index in [0.717, 1.165) is 19.6 Å². The molecule has 0 aliphatic carbocycles. The third-order valence-corrected chi connectivity index (χ3v) is 2.66. The minimum absolute atomic E-state index is 0.0644. The fraction of sp³-hybridized carbons (Fsp3) is 0.667. The summed E-state index contributed by atoms with van der Waals surface area (Å²) in [5.41, 5.74) is 0.0523. The topological polar surface area (TPSA) is 84.6 Å². The zero-order valence-corrected chi connectivity index (χ0v) is 11.0. The van der Waals surface area contributed by atoms with E-state index >= 15 is 0 Å². The second-order valence-corrected chi connectivity index (χ2v) is 4.99. The van der Waals surface area contributed by atoms with E-state index in [-0.39, 0.29) is 11.1 Å². The number of methoxy groups -OCH3 is 1. The molecule has 0 amide bonds. The Morgan fingerprint density at radius 1 is 1.61 bits per heavy atom. The fourth-order valence-electron chi connectivity index (χ4n) is 1.49. The molecule has 0 spiro atoms. The largest absolute Gasteiger partial charge is 0.476 e. The molecule has 1 heterocycles. The molecule has 6 nitrogen and oxygen atoms in total. The molecule has 0 bridgehead atoms. The molecule has 0 aromatic carbocycles. The second kappa shape index (κ2) is 6.51. The average Bonchev–Trinajstić information content (AvgIpc) is 2.75.